The molecule has 1 saturated carbocycles. The van der Waals surface area contributed by atoms with E-state index in [1.165, 1.54) is 11.3 Å². The van der Waals surface area contributed by atoms with Crippen LogP contribution in [0.2, 0.25) is 5.02 Å². The molecular weight excluding hydrogens is 462 g/mol. The molecule has 0 saturated heterocycles. The van der Waals surface area contributed by atoms with E-state index in [4.69, 9.17) is 22.1 Å². The van der Waals surface area contributed by atoms with Crippen molar-refractivity contribution in [2.75, 3.05) is 25.5 Å². The Bertz CT molecular complexity index is 1180. The van der Waals surface area contributed by atoms with E-state index in [-0.39, 0.29) is 0 Å². The molecule has 1 aromatic carbocycles. The predicted octanol–water partition coefficient (Wildman–Crippen LogP) is 4.53. The van der Waals surface area contributed by atoms with E-state index in [2.05, 4.69) is 25.5 Å². The number of imidazole rings is 1. The molecule has 0 aliphatic heterocycles. The lowest BCUT2D eigenvalue weighted by atomic mass is 10.1. The normalized spacial score (nSPS) is 12.4. The number of ether oxygens (including phenoxy) is 1. The van der Waals surface area contributed by atoms with Crippen molar-refractivity contribution >= 4 is 44.7 Å². The Labute approximate surface area is 201 Å². The Hall–Kier alpha value is -2.95. The number of hydrogen-bond acceptors (Lipinski definition) is 8. The van der Waals surface area contributed by atoms with Crippen molar-refractivity contribution in [1.29, 1.82) is 0 Å². The topological polar surface area (TPSA) is 124 Å². The molecule has 1 aliphatic rings. The Morgan fingerprint density at radius 1 is 1.39 bits per heavy atom. The second-order valence-electron chi connectivity index (χ2n) is 6.90. The van der Waals surface area contributed by atoms with Crippen molar-refractivity contribution < 1.29 is 9.53 Å². The number of nitrogens with two attached hydrogens (primary N) is 1. The molecular formula is C22H28ClN7O2S. The number of aromatic nitrogens is 5. The van der Waals surface area contributed by atoms with Gasteiger partial charge < -0.3 is 20.6 Å². The van der Waals surface area contributed by atoms with Crippen molar-refractivity contribution in [3.63, 3.8) is 0 Å². The Balaban J connectivity index is 0.000000381. The summed E-state index contributed by atoms with van der Waals surface area (Å²) in [5, 5.41) is 11.8. The number of anilines is 1. The second kappa shape index (κ2) is 11.8. The molecule has 1 aliphatic carbocycles. The van der Waals surface area contributed by atoms with Crippen LogP contribution in [0.25, 0.3) is 27.4 Å². The van der Waals surface area contributed by atoms with Crippen molar-refractivity contribution in [2.45, 2.75) is 26.7 Å². The van der Waals surface area contributed by atoms with Gasteiger partial charge in [-0.25, -0.2) is 9.97 Å². The van der Waals surface area contributed by atoms with E-state index in [0.29, 0.717) is 29.8 Å². The quantitative estimate of drug-likeness (QED) is 0.326. The minimum atomic E-state index is 0.442. The lowest BCUT2D eigenvalue weighted by molar-refractivity contribution is -0.108. The summed E-state index contributed by atoms with van der Waals surface area (Å²) < 4.78 is 8.35. The Kier molecular flexibility index (Phi) is 8.81. The van der Waals surface area contributed by atoms with Crippen LogP contribution in [0.5, 0.6) is 5.75 Å². The summed E-state index contributed by atoms with van der Waals surface area (Å²) in [6.07, 6.45) is 6.77. The minimum Gasteiger partial charge on any atom is -0.492 e. The fourth-order valence-corrected chi connectivity index (χ4v) is 3.96. The van der Waals surface area contributed by atoms with Gasteiger partial charge in [-0.05, 0) is 31.0 Å². The average molecular weight is 490 g/mol. The van der Waals surface area contributed by atoms with Gasteiger partial charge in [0.2, 0.25) is 0 Å². The molecule has 4 aromatic rings. The first kappa shape index (κ1) is 24.7. The predicted molar refractivity (Wildman–Crippen MR) is 134 cm³/mol. The molecule has 11 heteroatoms. The number of carbonyl (C=O) groups is 1. The van der Waals surface area contributed by atoms with E-state index >= 15 is 0 Å². The molecule has 33 heavy (non-hydrogen) atoms. The molecule has 5 rings (SSSR count). The zero-order valence-electron chi connectivity index (χ0n) is 18.8. The number of rotatable bonds is 7. The van der Waals surface area contributed by atoms with Gasteiger partial charge in [0.05, 0.1) is 16.9 Å². The SMILES string of the molecule is CC.CNc1nc2[nH]nc(-n3cncc3-c3ccc(OCCN)cc3Cl)c2s1.O=CC1CC1. The third-order valence-corrected chi connectivity index (χ3v) is 5.98. The summed E-state index contributed by atoms with van der Waals surface area (Å²) >= 11 is 8.00. The number of benzene rings is 1. The summed E-state index contributed by atoms with van der Waals surface area (Å²) in [6.45, 7) is 4.89. The van der Waals surface area contributed by atoms with Crippen LogP contribution in [-0.4, -0.2) is 51.2 Å². The fourth-order valence-electron chi connectivity index (χ4n) is 2.84. The Morgan fingerprint density at radius 2 is 2.18 bits per heavy atom. The summed E-state index contributed by atoms with van der Waals surface area (Å²) in [5.74, 6) is 1.86. The molecule has 3 aromatic heterocycles. The molecule has 0 atom stereocenters. The largest absolute Gasteiger partial charge is 0.492 e. The minimum absolute atomic E-state index is 0.442. The lowest BCUT2D eigenvalue weighted by Crippen LogP contribution is -2.10. The number of halogens is 1. The molecule has 176 valence electrons. The van der Waals surface area contributed by atoms with Crippen LogP contribution in [0.1, 0.15) is 26.7 Å². The smallest absolute Gasteiger partial charge is 0.185 e. The van der Waals surface area contributed by atoms with Crippen LogP contribution in [-0.2, 0) is 4.79 Å². The number of fused-ring (bicyclic) bond motifs is 1. The molecule has 0 bridgehead atoms. The molecule has 0 radical (unpaired) electrons. The molecule has 9 nitrogen and oxygen atoms in total. The molecule has 3 heterocycles. The van der Waals surface area contributed by atoms with Crippen molar-refractivity contribution in [3.8, 4) is 22.8 Å². The van der Waals surface area contributed by atoms with Crippen LogP contribution < -0.4 is 15.8 Å². The van der Waals surface area contributed by atoms with Crippen LogP contribution in [0.3, 0.4) is 0 Å². The van der Waals surface area contributed by atoms with Crippen LogP contribution in [0.15, 0.2) is 30.7 Å². The van der Waals surface area contributed by atoms with Crippen LogP contribution in [0, 0.1) is 5.92 Å². The first-order chi connectivity index (χ1) is 16.1. The summed E-state index contributed by atoms with van der Waals surface area (Å²) in [7, 11) is 1.83. The van der Waals surface area contributed by atoms with Gasteiger partial charge in [-0.3, -0.25) is 9.67 Å². The number of aldehydes is 1. The fraction of sp³-hybridized carbons (Fsp3) is 0.364. The highest BCUT2D eigenvalue weighted by molar-refractivity contribution is 7.22. The van der Waals surface area contributed by atoms with Gasteiger partial charge in [0, 0.05) is 25.1 Å². The third kappa shape index (κ3) is 5.89. The Morgan fingerprint density at radius 3 is 2.79 bits per heavy atom. The molecule has 0 unspecified atom stereocenters. The van der Waals surface area contributed by atoms with E-state index in [1.807, 2.05) is 37.6 Å². The highest BCUT2D eigenvalue weighted by Gasteiger charge is 2.19. The first-order valence-corrected chi connectivity index (χ1v) is 12.0. The lowest BCUT2D eigenvalue weighted by Gasteiger charge is -2.10. The number of thiazole rings is 1. The van der Waals surface area contributed by atoms with Crippen molar-refractivity contribution in [1.82, 2.24) is 24.7 Å². The van der Waals surface area contributed by atoms with Crippen molar-refractivity contribution in [2.24, 2.45) is 11.7 Å². The number of hydrogen-bond donors (Lipinski definition) is 3. The van der Waals surface area contributed by atoms with Gasteiger partial charge in [0.25, 0.3) is 0 Å². The summed E-state index contributed by atoms with van der Waals surface area (Å²) in [4.78, 5) is 18.3. The zero-order chi connectivity index (χ0) is 23.8. The van der Waals surface area contributed by atoms with Gasteiger partial charge >= 0.3 is 0 Å². The van der Waals surface area contributed by atoms with Crippen molar-refractivity contribution in [3.05, 3.63) is 35.7 Å². The first-order valence-electron chi connectivity index (χ1n) is 10.8. The van der Waals surface area contributed by atoms with E-state index in [9.17, 15) is 4.79 Å². The standard InChI is InChI=1S/C16H16ClN7OS.C4H6O.C2H6/c1-19-16-21-14-13(26-16)15(23-22-14)24-8-20-7-12(24)10-3-2-9(6-11(10)17)25-5-4-18;5-3-4-1-2-4;1-2/h2-3,6-8H,4-5,18H2,1H3,(H2,19,21,22,23);3-4H,1-2H2;1-2H3. The highest BCUT2D eigenvalue weighted by Crippen LogP contribution is 2.35. The van der Waals surface area contributed by atoms with Crippen LogP contribution in [0.4, 0.5) is 5.13 Å². The van der Waals surface area contributed by atoms with Crippen LogP contribution >= 0.6 is 22.9 Å². The van der Waals surface area contributed by atoms with Gasteiger partial charge in [-0.2, -0.15) is 5.10 Å². The van der Waals surface area contributed by atoms with Gasteiger partial charge in [0.15, 0.2) is 16.6 Å². The number of H-pyrrole nitrogens is 1. The number of carbonyl (C=O) groups excluding carboxylic acids is 1. The second-order valence-corrected chi connectivity index (χ2v) is 8.30. The van der Waals surface area contributed by atoms with Gasteiger partial charge in [-0.15, -0.1) is 0 Å². The molecule has 1 fully saturated rings. The van der Waals surface area contributed by atoms with Gasteiger partial charge in [-0.1, -0.05) is 36.8 Å². The summed E-state index contributed by atoms with van der Waals surface area (Å²) in [6, 6.07) is 5.53. The maximum atomic E-state index is 9.57. The maximum absolute atomic E-state index is 9.57. The summed E-state index contributed by atoms with van der Waals surface area (Å²) in [5.41, 5.74) is 7.85. The van der Waals surface area contributed by atoms with E-state index < -0.39 is 0 Å². The average Bonchev–Trinajstić information content (AvgIpc) is 3.22. The number of nitrogens with one attached hydrogen (secondary N) is 2. The number of aromatic amines is 1. The molecule has 4 N–H and O–H groups in total. The monoisotopic (exact) mass is 489 g/mol. The highest BCUT2D eigenvalue weighted by atomic mass is 35.5. The van der Waals surface area contributed by atoms with E-state index in [1.54, 1.807) is 18.6 Å². The van der Waals surface area contributed by atoms with E-state index in [0.717, 1.165) is 51.7 Å². The third-order valence-electron chi connectivity index (χ3n) is 4.60. The molecule has 0 amide bonds. The zero-order valence-corrected chi connectivity index (χ0v) is 20.4. The maximum Gasteiger partial charge on any atom is 0.185 e. The number of nitrogens with zero attached hydrogens (tertiary/aromatic N) is 4. The van der Waals surface area contributed by atoms with Gasteiger partial charge in [0.1, 0.15) is 29.7 Å². The molecule has 0 spiro atoms.